The third-order valence-electron chi connectivity index (χ3n) is 4.34. The van der Waals surface area contributed by atoms with Crippen LogP contribution >= 0.6 is 11.3 Å². The van der Waals surface area contributed by atoms with Crippen LogP contribution in [0.1, 0.15) is 49.9 Å². The van der Waals surface area contributed by atoms with Gasteiger partial charge in [0.1, 0.15) is 5.01 Å². The van der Waals surface area contributed by atoms with Gasteiger partial charge in [0.2, 0.25) is 4.96 Å². The first-order valence-electron chi connectivity index (χ1n) is 9.70. The molecule has 3 rings (SSSR count). The Labute approximate surface area is 164 Å². The molecule has 0 aliphatic rings. The van der Waals surface area contributed by atoms with Crippen molar-refractivity contribution in [2.45, 2.75) is 53.1 Å². The van der Waals surface area contributed by atoms with Crippen LogP contribution in [0.25, 0.3) is 4.96 Å². The first-order chi connectivity index (χ1) is 13.0. The lowest BCUT2D eigenvalue weighted by molar-refractivity contribution is 0.225. The van der Waals surface area contributed by atoms with E-state index in [-0.39, 0.29) is 5.56 Å². The van der Waals surface area contributed by atoms with Crippen LogP contribution in [0, 0.1) is 5.92 Å². The molecule has 0 aliphatic heterocycles. The molecular formula is C21H28N4OS. The summed E-state index contributed by atoms with van der Waals surface area (Å²) in [4.78, 5) is 20.3. The number of rotatable bonds is 9. The minimum absolute atomic E-state index is 0.0850. The Morgan fingerprint density at radius 3 is 2.67 bits per heavy atom. The number of hydrogen-bond acceptors (Lipinski definition) is 5. The van der Waals surface area contributed by atoms with Gasteiger partial charge in [0.25, 0.3) is 5.56 Å². The second-order valence-corrected chi connectivity index (χ2v) is 8.47. The Bertz CT molecular complexity index is 917. The molecule has 0 N–H and O–H groups in total. The van der Waals surface area contributed by atoms with Crippen LogP contribution in [0.5, 0.6) is 0 Å². The molecule has 0 unspecified atom stereocenters. The lowest BCUT2D eigenvalue weighted by atomic mass is 10.1. The SMILES string of the molecule is CCCCc1nn2c(=O)cc(CN(Cc3ccccc3)CC(C)C)nc2s1. The van der Waals surface area contributed by atoms with Gasteiger partial charge < -0.3 is 0 Å². The number of hydrogen-bond donors (Lipinski definition) is 0. The number of unbranched alkanes of at least 4 members (excludes halogenated alkanes) is 1. The average molecular weight is 385 g/mol. The van der Waals surface area contributed by atoms with Crippen molar-refractivity contribution in [1.29, 1.82) is 0 Å². The van der Waals surface area contributed by atoms with E-state index in [2.05, 4.69) is 55.0 Å². The van der Waals surface area contributed by atoms with Gasteiger partial charge in [-0.15, -0.1) is 0 Å². The number of benzene rings is 1. The first-order valence-corrected chi connectivity index (χ1v) is 10.5. The van der Waals surface area contributed by atoms with Crippen molar-refractivity contribution in [3.8, 4) is 0 Å². The molecule has 5 nitrogen and oxygen atoms in total. The van der Waals surface area contributed by atoms with Gasteiger partial charge in [0.15, 0.2) is 0 Å². The van der Waals surface area contributed by atoms with Crippen LogP contribution in [0.15, 0.2) is 41.2 Å². The van der Waals surface area contributed by atoms with E-state index < -0.39 is 0 Å². The summed E-state index contributed by atoms with van der Waals surface area (Å²) >= 11 is 1.53. The Morgan fingerprint density at radius 1 is 1.19 bits per heavy atom. The van der Waals surface area contributed by atoms with Crippen LogP contribution in [0.4, 0.5) is 0 Å². The van der Waals surface area contributed by atoms with Gasteiger partial charge in [0, 0.05) is 32.1 Å². The highest BCUT2D eigenvalue weighted by Gasteiger charge is 2.13. The van der Waals surface area contributed by atoms with Gasteiger partial charge in [-0.25, -0.2) is 4.98 Å². The molecule has 0 spiro atoms. The van der Waals surface area contributed by atoms with Crippen molar-refractivity contribution >= 4 is 16.3 Å². The molecule has 1 aromatic carbocycles. The summed E-state index contributed by atoms with van der Waals surface area (Å²) in [6.07, 6.45) is 3.11. The first kappa shape index (κ1) is 19.7. The molecule has 0 atom stereocenters. The summed E-state index contributed by atoms with van der Waals surface area (Å²) in [6, 6.07) is 12.1. The molecule has 0 saturated carbocycles. The van der Waals surface area contributed by atoms with Crippen LogP contribution in [0.3, 0.4) is 0 Å². The fourth-order valence-electron chi connectivity index (χ4n) is 3.18. The maximum Gasteiger partial charge on any atom is 0.275 e. The summed E-state index contributed by atoms with van der Waals surface area (Å²) in [5.41, 5.74) is 2.01. The third-order valence-corrected chi connectivity index (χ3v) is 5.31. The Kier molecular flexibility index (Phi) is 6.74. The van der Waals surface area contributed by atoms with E-state index in [4.69, 9.17) is 4.98 Å². The van der Waals surface area contributed by atoms with Crippen molar-refractivity contribution in [3.63, 3.8) is 0 Å². The highest BCUT2D eigenvalue weighted by Crippen LogP contribution is 2.16. The standard InChI is InChI=1S/C21H28N4OS/c1-4-5-11-19-23-25-20(26)12-18(22-21(25)27-19)15-24(13-16(2)3)14-17-9-7-6-8-10-17/h6-10,12,16H,4-5,11,13-15H2,1-3H3. The summed E-state index contributed by atoms with van der Waals surface area (Å²) < 4.78 is 1.45. The largest absolute Gasteiger partial charge is 0.293 e. The van der Waals surface area contributed by atoms with Crippen LogP contribution in [-0.4, -0.2) is 26.0 Å². The molecule has 0 bridgehead atoms. The molecule has 0 radical (unpaired) electrons. The Morgan fingerprint density at radius 2 is 1.96 bits per heavy atom. The maximum absolute atomic E-state index is 12.5. The van der Waals surface area contributed by atoms with Gasteiger partial charge >= 0.3 is 0 Å². The second-order valence-electron chi connectivity index (χ2n) is 7.43. The number of aromatic nitrogens is 3. The van der Waals surface area contributed by atoms with Gasteiger partial charge in [-0.3, -0.25) is 9.69 Å². The topological polar surface area (TPSA) is 50.5 Å². The molecule has 3 aromatic rings. The van der Waals surface area contributed by atoms with E-state index in [9.17, 15) is 4.79 Å². The van der Waals surface area contributed by atoms with Crippen molar-refractivity contribution in [3.05, 3.63) is 63.0 Å². The molecular weight excluding hydrogens is 356 g/mol. The van der Waals surface area contributed by atoms with E-state index in [0.29, 0.717) is 17.4 Å². The fourth-order valence-corrected chi connectivity index (χ4v) is 4.14. The monoisotopic (exact) mass is 384 g/mol. The quantitative estimate of drug-likeness (QED) is 0.556. The average Bonchev–Trinajstić information content (AvgIpc) is 3.04. The normalized spacial score (nSPS) is 11.7. The van der Waals surface area contributed by atoms with E-state index in [1.165, 1.54) is 21.4 Å². The molecule has 6 heteroatoms. The van der Waals surface area contributed by atoms with Crippen LogP contribution in [-0.2, 0) is 19.5 Å². The Hall–Kier alpha value is -2.05. The van der Waals surface area contributed by atoms with Crippen molar-refractivity contribution in [1.82, 2.24) is 19.5 Å². The second kappa shape index (κ2) is 9.24. The highest BCUT2D eigenvalue weighted by molar-refractivity contribution is 7.16. The third kappa shape index (κ3) is 5.47. The zero-order chi connectivity index (χ0) is 19.2. The molecule has 2 aromatic heterocycles. The number of fused-ring (bicyclic) bond motifs is 1. The van der Waals surface area contributed by atoms with E-state index in [1.807, 2.05) is 6.07 Å². The summed E-state index contributed by atoms with van der Waals surface area (Å²) in [6.45, 7) is 9.07. The maximum atomic E-state index is 12.5. The van der Waals surface area contributed by atoms with E-state index in [1.54, 1.807) is 6.07 Å². The predicted octanol–water partition coefficient (Wildman–Crippen LogP) is 4.15. The number of nitrogens with zero attached hydrogens (tertiary/aromatic N) is 4. The van der Waals surface area contributed by atoms with Crippen LogP contribution < -0.4 is 5.56 Å². The Balaban J connectivity index is 1.82. The molecule has 0 saturated heterocycles. The molecule has 0 aliphatic carbocycles. The molecule has 2 heterocycles. The van der Waals surface area contributed by atoms with Gasteiger partial charge in [-0.05, 0) is 17.9 Å². The number of aryl methyl sites for hydroxylation is 1. The minimum atomic E-state index is -0.0850. The van der Waals surface area contributed by atoms with Gasteiger partial charge in [-0.1, -0.05) is 68.9 Å². The molecule has 27 heavy (non-hydrogen) atoms. The zero-order valence-corrected chi connectivity index (χ0v) is 17.2. The van der Waals surface area contributed by atoms with Crippen LogP contribution in [0.2, 0.25) is 0 Å². The van der Waals surface area contributed by atoms with E-state index >= 15 is 0 Å². The minimum Gasteiger partial charge on any atom is -0.293 e. The summed E-state index contributed by atoms with van der Waals surface area (Å²) in [5, 5.41) is 5.42. The molecule has 144 valence electrons. The fraction of sp³-hybridized carbons (Fsp3) is 0.476. The summed E-state index contributed by atoms with van der Waals surface area (Å²) in [5.74, 6) is 0.544. The van der Waals surface area contributed by atoms with Gasteiger partial charge in [0.05, 0.1) is 5.69 Å². The zero-order valence-electron chi connectivity index (χ0n) is 16.4. The highest BCUT2D eigenvalue weighted by atomic mass is 32.1. The van der Waals surface area contributed by atoms with Gasteiger partial charge in [-0.2, -0.15) is 9.61 Å². The van der Waals surface area contributed by atoms with Crippen molar-refractivity contribution < 1.29 is 0 Å². The molecule has 0 amide bonds. The lowest BCUT2D eigenvalue weighted by Gasteiger charge is -2.24. The van der Waals surface area contributed by atoms with Crippen molar-refractivity contribution in [2.24, 2.45) is 5.92 Å². The lowest BCUT2D eigenvalue weighted by Crippen LogP contribution is -2.28. The predicted molar refractivity (Wildman–Crippen MR) is 111 cm³/mol. The summed E-state index contributed by atoms with van der Waals surface area (Å²) in [7, 11) is 0. The van der Waals surface area contributed by atoms with E-state index in [0.717, 1.165) is 43.1 Å². The smallest absolute Gasteiger partial charge is 0.275 e. The molecule has 0 fully saturated rings. The van der Waals surface area contributed by atoms with Crippen molar-refractivity contribution in [2.75, 3.05) is 6.54 Å².